The van der Waals surface area contributed by atoms with Gasteiger partial charge in [-0.1, -0.05) is 6.92 Å². The van der Waals surface area contributed by atoms with Gasteiger partial charge in [-0.05, 0) is 94.0 Å². The lowest BCUT2D eigenvalue weighted by molar-refractivity contribution is -0.309. The third-order valence-corrected chi connectivity index (χ3v) is 11.9. The maximum Gasteiger partial charge on any atom is 0.331 e. The van der Waals surface area contributed by atoms with Crippen LogP contribution in [0.25, 0.3) is 0 Å². The second-order valence-corrected chi connectivity index (χ2v) is 13.2. The fraction of sp³-hybridized carbons (Fsp3) is 0.862. The molecule has 2 heterocycles. The second-order valence-electron chi connectivity index (χ2n) is 13.2. The lowest BCUT2D eigenvalue weighted by atomic mass is 9.43. The van der Waals surface area contributed by atoms with Crippen LogP contribution < -0.4 is 0 Å². The Morgan fingerprint density at radius 2 is 1.79 bits per heavy atom. The van der Waals surface area contributed by atoms with Gasteiger partial charge >= 0.3 is 5.97 Å². The average Bonchev–Trinajstić information content (AvgIpc) is 3.45. The van der Waals surface area contributed by atoms with E-state index >= 15 is 0 Å². The maximum atomic E-state index is 12.9. The summed E-state index contributed by atoms with van der Waals surface area (Å²) in [6, 6.07) is 0. The van der Waals surface area contributed by atoms with E-state index in [2.05, 4.69) is 6.92 Å². The smallest absolute Gasteiger partial charge is 0.331 e. The van der Waals surface area contributed by atoms with Crippen LogP contribution in [0.3, 0.4) is 0 Å². The number of rotatable bonds is 4. The Morgan fingerprint density at radius 3 is 2.50 bits per heavy atom. The Bertz CT molecular complexity index is 999. The summed E-state index contributed by atoms with van der Waals surface area (Å²) >= 11 is 0. The molecule has 4 N–H and O–H groups in total. The molecule has 0 bridgehead atoms. The predicted octanol–water partition coefficient (Wildman–Crippen LogP) is 1.64. The van der Waals surface area contributed by atoms with Gasteiger partial charge in [0, 0.05) is 16.9 Å². The van der Waals surface area contributed by atoms with Gasteiger partial charge in [0.2, 0.25) is 0 Å². The van der Waals surface area contributed by atoms with Crippen LogP contribution in [0, 0.1) is 34.5 Å². The van der Waals surface area contributed by atoms with E-state index in [1.165, 1.54) is 6.29 Å². The lowest BCUT2D eigenvalue weighted by Crippen LogP contribution is -2.63. The van der Waals surface area contributed by atoms with E-state index in [-0.39, 0.29) is 41.2 Å². The Balaban J connectivity index is 1.19. The summed E-state index contributed by atoms with van der Waals surface area (Å²) in [5.41, 5.74) is -0.739. The van der Waals surface area contributed by atoms with Crippen LogP contribution >= 0.6 is 0 Å². The number of ether oxygens (including phenoxy) is 3. The molecule has 1 saturated heterocycles. The molecule has 0 aromatic carbocycles. The minimum absolute atomic E-state index is 0.0322. The molecular formula is C29H42O9. The Labute approximate surface area is 223 Å². The van der Waals surface area contributed by atoms with Crippen LogP contribution in [0.4, 0.5) is 0 Å². The highest BCUT2D eigenvalue weighted by molar-refractivity contribution is 5.85. The Kier molecular flexibility index (Phi) is 6.60. The first-order chi connectivity index (χ1) is 18.0. The van der Waals surface area contributed by atoms with E-state index in [9.17, 15) is 30.0 Å². The summed E-state index contributed by atoms with van der Waals surface area (Å²) < 4.78 is 17.0. The van der Waals surface area contributed by atoms with Crippen molar-refractivity contribution in [2.45, 2.75) is 114 Å². The van der Waals surface area contributed by atoms with E-state index in [1.54, 1.807) is 13.0 Å². The van der Waals surface area contributed by atoms with Gasteiger partial charge in [0.1, 0.15) is 31.2 Å². The number of carbonyl (C=O) groups excluding carboxylic acids is 2. The molecular weight excluding hydrogens is 492 g/mol. The van der Waals surface area contributed by atoms with E-state index in [1.807, 2.05) is 0 Å². The molecule has 0 aromatic rings. The van der Waals surface area contributed by atoms with Crippen molar-refractivity contribution in [3.05, 3.63) is 11.6 Å². The molecule has 212 valence electrons. The number of aliphatic hydroxyl groups is 4. The van der Waals surface area contributed by atoms with Crippen molar-refractivity contribution in [1.82, 2.24) is 0 Å². The number of cyclic esters (lactones) is 1. The molecule has 13 atom stereocenters. The number of hydrogen-bond acceptors (Lipinski definition) is 9. The van der Waals surface area contributed by atoms with Gasteiger partial charge < -0.3 is 39.4 Å². The largest absolute Gasteiger partial charge is 0.458 e. The maximum absolute atomic E-state index is 12.9. The van der Waals surface area contributed by atoms with Gasteiger partial charge in [0.15, 0.2) is 6.29 Å². The van der Waals surface area contributed by atoms with Crippen molar-refractivity contribution in [3.63, 3.8) is 0 Å². The van der Waals surface area contributed by atoms with Crippen molar-refractivity contribution in [3.8, 4) is 0 Å². The summed E-state index contributed by atoms with van der Waals surface area (Å²) in [5, 5.41) is 42.9. The van der Waals surface area contributed by atoms with Crippen molar-refractivity contribution >= 4 is 12.3 Å². The molecule has 5 fully saturated rings. The molecule has 0 radical (unpaired) electrons. The average molecular weight is 535 g/mol. The van der Waals surface area contributed by atoms with Gasteiger partial charge in [0.05, 0.1) is 17.8 Å². The summed E-state index contributed by atoms with van der Waals surface area (Å²) in [7, 11) is 0. The molecule has 0 amide bonds. The van der Waals surface area contributed by atoms with Gasteiger partial charge in [-0.2, -0.15) is 0 Å². The number of aldehydes is 1. The summed E-state index contributed by atoms with van der Waals surface area (Å²) in [4.78, 5) is 24.7. The minimum Gasteiger partial charge on any atom is -0.458 e. The first-order valence-electron chi connectivity index (χ1n) is 14.4. The molecule has 6 rings (SSSR count). The molecule has 0 spiro atoms. The third-order valence-electron chi connectivity index (χ3n) is 11.9. The zero-order chi connectivity index (χ0) is 27.0. The SMILES string of the molecule is C[C@@H]1O[C@@H](O[C@H]2CC[C@@]3(C=O)[C@@H](CC[C@H]4[C@H]3CC[C@]3(C)[C@@H](C5=CC(=O)OC5)CC[C@]43O)C2)[C@H](O)[C@H](O)[C@H]1O. The van der Waals surface area contributed by atoms with Gasteiger partial charge in [-0.3, -0.25) is 0 Å². The first kappa shape index (κ1) is 26.8. The first-order valence-corrected chi connectivity index (χ1v) is 14.4. The van der Waals surface area contributed by atoms with E-state index < -0.39 is 41.7 Å². The molecule has 9 heteroatoms. The second kappa shape index (κ2) is 9.35. The molecule has 4 saturated carbocycles. The predicted molar refractivity (Wildman–Crippen MR) is 133 cm³/mol. The van der Waals surface area contributed by atoms with Crippen molar-refractivity contribution in [2.75, 3.05) is 6.61 Å². The fourth-order valence-corrected chi connectivity index (χ4v) is 9.73. The van der Waals surface area contributed by atoms with Gasteiger partial charge in [-0.15, -0.1) is 0 Å². The number of esters is 1. The highest BCUT2D eigenvalue weighted by Crippen LogP contribution is 2.69. The van der Waals surface area contributed by atoms with E-state index in [0.29, 0.717) is 32.3 Å². The molecule has 38 heavy (non-hydrogen) atoms. The number of fused-ring (bicyclic) bond motifs is 5. The standard InChI is InChI=1S/C29H42O9/c1-15-23(32)24(33)25(34)26(37-15)38-18-5-9-28(14-30)17(12-18)3-4-21-20(28)6-8-27(2)19(7-10-29(21,27)35)16-11-22(31)36-13-16/h11,14-15,17-21,23-26,32-35H,3-10,12-13H2,1-2H3/t15-,17-,18-,19+,20+,21-,23-,24+,25+,26-,27+,28+,29-/m0/s1. The molecule has 0 unspecified atom stereocenters. The fourth-order valence-electron chi connectivity index (χ4n) is 9.73. The number of hydrogen-bond donors (Lipinski definition) is 4. The topological polar surface area (TPSA) is 143 Å². The Morgan fingerprint density at radius 1 is 1.00 bits per heavy atom. The highest BCUT2D eigenvalue weighted by atomic mass is 16.7. The summed E-state index contributed by atoms with van der Waals surface area (Å²) in [6.45, 7) is 4.13. The summed E-state index contributed by atoms with van der Waals surface area (Å²) in [5.74, 6) is 0.0678. The monoisotopic (exact) mass is 534 g/mol. The quantitative estimate of drug-likeness (QED) is 0.240. The zero-order valence-electron chi connectivity index (χ0n) is 22.3. The molecule has 0 aromatic heterocycles. The van der Waals surface area contributed by atoms with Crippen LogP contribution in [-0.2, 0) is 23.8 Å². The van der Waals surface area contributed by atoms with Crippen LogP contribution in [0.15, 0.2) is 11.6 Å². The number of aliphatic hydroxyl groups excluding tert-OH is 3. The molecule has 6 aliphatic rings. The Hall–Kier alpha value is -1.36. The van der Waals surface area contributed by atoms with E-state index in [0.717, 1.165) is 37.7 Å². The highest BCUT2D eigenvalue weighted by Gasteiger charge is 2.68. The normalized spacial score (nSPS) is 54.4. The zero-order valence-corrected chi connectivity index (χ0v) is 22.3. The van der Waals surface area contributed by atoms with E-state index in [4.69, 9.17) is 14.2 Å². The summed E-state index contributed by atoms with van der Waals surface area (Å²) in [6.07, 6.45) is 3.80. The van der Waals surface area contributed by atoms with Crippen LogP contribution in [-0.4, -0.2) is 81.7 Å². The van der Waals surface area contributed by atoms with Crippen LogP contribution in [0.5, 0.6) is 0 Å². The van der Waals surface area contributed by atoms with Gasteiger partial charge in [0.25, 0.3) is 0 Å². The number of carbonyl (C=O) groups is 2. The third kappa shape index (κ3) is 3.72. The molecule has 4 aliphatic carbocycles. The minimum atomic E-state index is -1.34. The van der Waals surface area contributed by atoms with Crippen LogP contribution in [0.2, 0.25) is 0 Å². The van der Waals surface area contributed by atoms with Crippen molar-refractivity contribution in [2.24, 2.45) is 34.5 Å². The van der Waals surface area contributed by atoms with Crippen molar-refractivity contribution in [1.29, 1.82) is 0 Å². The van der Waals surface area contributed by atoms with Gasteiger partial charge in [-0.25, -0.2) is 4.79 Å². The van der Waals surface area contributed by atoms with Crippen LogP contribution in [0.1, 0.15) is 71.6 Å². The molecule has 2 aliphatic heterocycles. The lowest BCUT2D eigenvalue weighted by Gasteiger charge is -2.63. The molecule has 9 nitrogen and oxygen atoms in total. The van der Waals surface area contributed by atoms with Crippen molar-refractivity contribution < 1.29 is 44.2 Å².